The lowest BCUT2D eigenvalue weighted by molar-refractivity contribution is -0.124. The van der Waals surface area contributed by atoms with Crippen molar-refractivity contribution in [3.05, 3.63) is 81.4 Å². The lowest BCUT2D eigenvalue weighted by Gasteiger charge is -2.16. The Kier molecular flexibility index (Phi) is 5.66. The molecule has 1 aliphatic rings. The molecule has 0 fully saturated rings. The minimum Gasteiger partial charge on any atom is -0.384 e. The first-order valence-corrected chi connectivity index (χ1v) is 10.0. The number of nitrogens with two attached hydrogens (primary N) is 1. The number of aromatic nitrogens is 3. The monoisotopic (exact) mass is 422 g/mol. The van der Waals surface area contributed by atoms with Gasteiger partial charge in [0.2, 0.25) is 5.91 Å². The van der Waals surface area contributed by atoms with Gasteiger partial charge in [0.05, 0.1) is 6.20 Å². The molecule has 1 atom stereocenters. The average Bonchev–Trinajstić information content (AvgIpc) is 3.19. The van der Waals surface area contributed by atoms with Gasteiger partial charge in [0.15, 0.2) is 0 Å². The molecule has 3 heterocycles. The highest BCUT2D eigenvalue weighted by molar-refractivity contribution is 5.81. The van der Waals surface area contributed by atoms with Crippen LogP contribution in [0.25, 0.3) is 0 Å². The zero-order valence-corrected chi connectivity index (χ0v) is 17.1. The summed E-state index contributed by atoms with van der Waals surface area (Å²) >= 11 is 0. The molecule has 160 valence electrons. The highest BCUT2D eigenvalue weighted by atomic mass is 19.1. The number of aryl methyl sites for hydroxylation is 2. The number of nitrogen functional groups attached to an aromatic ring is 1. The van der Waals surface area contributed by atoms with Gasteiger partial charge in [-0.05, 0) is 42.7 Å². The van der Waals surface area contributed by atoms with E-state index in [1.165, 1.54) is 22.9 Å². The van der Waals surface area contributed by atoms with Crippen molar-refractivity contribution in [2.75, 3.05) is 11.1 Å². The molecule has 3 aromatic rings. The van der Waals surface area contributed by atoms with Crippen LogP contribution < -0.4 is 21.9 Å². The van der Waals surface area contributed by atoms with Crippen LogP contribution >= 0.6 is 0 Å². The van der Waals surface area contributed by atoms with Crippen molar-refractivity contribution < 1.29 is 9.18 Å². The van der Waals surface area contributed by atoms with E-state index in [0.29, 0.717) is 43.3 Å². The van der Waals surface area contributed by atoms with Crippen LogP contribution in [0.5, 0.6) is 0 Å². The van der Waals surface area contributed by atoms with Crippen molar-refractivity contribution in [1.29, 1.82) is 0 Å². The molecule has 1 amide bonds. The number of pyridine rings is 1. The molecule has 4 rings (SSSR count). The lowest BCUT2D eigenvalue weighted by atomic mass is 10.1. The molecular formula is C22H23FN6O2. The number of hydrogen-bond donors (Lipinski definition) is 3. The second-order valence-corrected chi connectivity index (χ2v) is 7.50. The summed E-state index contributed by atoms with van der Waals surface area (Å²) in [5.74, 6) is 0.454. The second-order valence-electron chi connectivity index (χ2n) is 7.50. The SMILES string of the molecule is Cc1nc(N)ccc1CNC(=O)[C@@H]1CCc2ncc(NCc3ccc(F)cc3)c(=O)n21. The molecule has 0 unspecified atom stereocenters. The van der Waals surface area contributed by atoms with Gasteiger partial charge < -0.3 is 16.4 Å². The largest absolute Gasteiger partial charge is 0.384 e. The summed E-state index contributed by atoms with van der Waals surface area (Å²) in [6, 6.07) is 8.91. The van der Waals surface area contributed by atoms with Gasteiger partial charge in [0.1, 0.15) is 29.2 Å². The first kappa shape index (κ1) is 20.5. The van der Waals surface area contributed by atoms with E-state index in [-0.39, 0.29) is 17.3 Å². The van der Waals surface area contributed by atoms with Crippen LogP contribution in [0.2, 0.25) is 0 Å². The van der Waals surface area contributed by atoms with Crippen molar-refractivity contribution in [2.45, 2.75) is 38.9 Å². The molecule has 0 aliphatic carbocycles. The Labute approximate surface area is 178 Å². The van der Waals surface area contributed by atoms with E-state index in [4.69, 9.17) is 5.73 Å². The second kappa shape index (κ2) is 8.55. The number of fused-ring (bicyclic) bond motifs is 1. The number of nitrogens with one attached hydrogen (secondary N) is 2. The Balaban J connectivity index is 1.47. The number of amides is 1. The maximum absolute atomic E-state index is 13.1. The smallest absolute Gasteiger partial charge is 0.277 e. The minimum atomic E-state index is -0.621. The Hall–Kier alpha value is -3.75. The lowest BCUT2D eigenvalue weighted by Crippen LogP contribution is -2.36. The van der Waals surface area contributed by atoms with Crippen molar-refractivity contribution >= 4 is 17.4 Å². The number of hydrogen-bond acceptors (Lipinski definition) is 6. The van der Waals surface area contributed by atoms with Crippen LogP contribution in [-0.2, 0) is 24.3 Å². The molecule has 0 saturated heterocycles. The van der Waals surface area contributed by atoms with Crippen molar-refractivity contribution in [2.24, 2.45) is 0 Å². The summed E-state index contributed by atoms with van der Waals surface area (Å²) in [6.07, 6.45) is 2.55. The van der Waals surface area contributed by atoms with E-state index < -0.39 is 6.04 Å². The van der Waals surface area contributed by atoms with Crippen molar-refractivity contribution in [1.82, 2.24) is 19.9 Å². The Morgan fingerprint density at radius 2 is 2.00 bits per heavy atom. The molecule has 0 saturated carbocycles. The third-order valence-electron chi connectivity index (χ3n) is 5.39. The van der Waals surface area contributed by atoms with Gasteiger partial charge in [-0.1, -0.05) is 18.2 Å². The molecule has 1 aliphatic heterocycles. The summed E-state index contributed by atoms with van der Waals surface area (Å²) in [4.78, 5) is 34.4. The van der Waals surface area contributed by atoms with Crippen LogP contribution in [0.1, 0.15) is 35.1 Å². The van der Waals surface area contributed by atoms with Crippen LogP contribution in [0.4, 0.5) is 15.9 Å². The normalized spacial score (nSPS) is 14.8. The summed E-state index contributed by atoms with van der Waals surface area (Å²) in [7, 11) is 0. The predicted octanol–water partition coefficient (Wildman–Crippen LogP) is 2.08. The van der Waals surface area contributed by atoms with Crippen molar-refractivity contribution in [3.63, 3.8) is 0 Å². The zero-order valence-electron chi connectivity index (χ0n) is 17.1. The fourth-order valence-corrected chi connectivity index (χ4v) is 3.67. The first-order valence-electron chi connectivity index (χ1n) is 10.0. The fraction of sp³-hybridized carbons (Fsp3) is 0.273. The summed E-state index contributed by atoms with van der Waals surface area (Å²) in [5.41, 5.74) is 8.11. The Morgan fingerprint density at radius 1 is 1.23 bits per heavy atom. The van der Waals surface area contributed by atoms with E-state index in [1.807, 2.05) is 13.0 Å². The maximum atomic E-state index is 13.1. The van der Waals surface area contributed by atoms with Gasteiger partial charge in [-0.3, -0.25) is 14.2 Å². The quantitative estimate of drug-likeness (QED) is 0.560. The standard InChI is InChI=1S/C22H23FN6O2/c1-13-15(4-8-19(24)28-13)11-27-21(30)18-7-9-20-26-12-17(22(31)29(18)20)25-10-14-2-5-16(23)6-3-14/h2-6,8,12,18,25H,7,9-11H2,1H3,(H2,24,28)(H,27,30)/t18-/m0/s1. The van der Waals surface area contributed by atoms with E-state index in [2.05, 4.69) is 20.6 Å². The molecule has 8 nitrogen and oxygen atoms in total. The molecule has 4 N–H and O–H groups in total. The van der Waals surface area contributed by atoms with Gasteiger partial charge in [-0.25, -0.2) is 14.4 Å². The number of carbonyl (C=O) groups is 1. The number of halogens is 1. The fourth-order valence-electron chi connectivity index (χ4n) is 3.67. The summed E-state index contributed by atoms with van der Waals surface area (Å²) in [5, 5.41) is 5.93. The molecule has 31 heavy (non-hydrogen) atoms. The number of carbonyl (C=O) groups excluding carboxylic acids is 1. The third kappa shape index (κ3) is 4.40. The number of benzene rings is 1. The van der Waals surface area contributed by atoms with E-state index in [0.717, 1.165) is 16.8 Å². The Morgan fingerprint density at radius 3 is 2.74 bits per heavy atom. The highest BCUT2D eigenvalue weighted by Crippen LogP contribution is 2.23. The molecule has 0 spiro atoms. The predicted molar refractivity (Wildman–Crippen MR) is 115 cm³/mol. The van der Waals surface area contributed by atoms with Crippen LogP contribution in [0, 0.1) is 12.7 Å². The van der Waals surface area contributed by atoms with Gasteiger partial charge in [0, 0.05) is 25.2 Å². The average molecular weight is 422 g/mol. The molecule has 9 heteroatoms. The van der Waals surface area contributed by atoms with Gasteiger partial charge in [-0.2, -0.15) is 0 Å². The highest BCUT2D eigenvalue weighted by Gasteiger charge is 2.31. The van der Waals surface area contributed by atoms with E-state index >= 15 is 0 Å². The van der Waals surface area contributed by atoms with Crippen molar-refractivity contribution in [3.8, 4) is 0 Å². The number of rotatable bonds is 6. The molecule has 1 aromatic carbocycles. The molecule has 0 bridgehead atoms. The topological polar surface area (TPSA) is 115 Å². The number of nitrogens with zero attached hydrogens (tertiary/aromatic N) is 3. The Bertz CT molecular complexity index is 1180. The first-order chi connectivity index (χ1) is 14.9. The van der Waals surface area contributed by atoms with Gasteiger partial charge in [-0.15, -0.1) is 0 Å². The summed E-state index contributed by atoms with van der Waals surface area (Å²) < 4.78 is 14.5. The maximum Gasteiger partial charge on any atom is 0.277 e. The summed E-state index contributed by atoms with van der Waals surface area (Å²) in [6.45, 7) is 2.47. The zero-order chi connectivity index (χ0) is 22.0. The van der Waals surface area contributed by atoms with Crippen LogP contribution in [0.3, 0.4) is 0 Å². The van der Waals surface area contributed by atoms with Gasteiger partial charge in [0.25, 0.3) is 5.56 Å². The molecule has 2 aromatic heterocycles. The third-order valence-corrected chi connectivity index (χ3v) is 5.39. The molecular weight excluding hydrogens is 399 g/mol. The van der Waals surface area contributed by atoms with Gasteiger partial charge >= 0.3 is 0 Å². The minimum absolute atomic E-state index is 0.241. The van der Waals surface area contributed by atoms with Crippen LogP contribution in [-0.4, -0.2) is 20.4 Å². The van der Waals surface area contributed by atoms with E-state index in [1.54, 1.807) is 18.2 Å². The molecule has 0 radical (unpaired) electrons. The van der Waals surface area contributed by atoms with E-state index in [9.17, 15) is 14.0 Å². The number of anilines is 2. The van der Waals surface area contributed by atoms with Crippen LogP contribution in [0.15, 0.2) is 47.4 Å².